The Kier molecular flexibility index (Phi) is 6.44. The van der Waals surface area contributed by atoms with E-state index >= 15 is 0 Å². The Bertz CT molecular complexity index is 1220. The molecule has 0 bridgehead atoms. The summed E-state index contributed by atoms with van der Waals surface area (Å²) in [4.78, 5) is 22.4. The quantitative estimate of drug-likeness (QED) is 0.352. The number of carbonyl (C=O) groups excluding carboxylic acids is 1. The zero-order valence-electron chi connectivity index (χ0n) is 18.7. The summed E-state index contributed by atoms with van der Waals surface area (Å²) in [5.41, 5.74) is 3.36. The predicted molar refractivity (Wildman–Crippen MR) is 135 cm³/mol. The monoisotopic (exact) mass is 457 g/mol. The van der Waals surface area contributed by atoms with E-state index in [2.05, 4.69) is 53.6 Å². The smallest absolute Gasteiger partial charge is 0.263 e. The normalized spacial score (nSPS) is 22.2. The van der Waals surface area contributed by atoms with Gasteiger partial charge >= 0.3 is 0 Å². The summed E-state index contributed by atoms with van der Waals surface area (Å²) >= 11 is 1.44. The summed E-state index contributed by atoms with van der Waals surface area (Å²) in [5.74, 6) is 1.26. The fourth-order valence-corrected chi connectivity index (χ4v) is 4.87. The number of unbranched alkanes of at least 4 members (excludes halogenated alkanes) is 1. The van der Waals surface area contributed by atoms with Crippen molar-refractivity contribution < 1.29 is 9.53 Å². The molecule has 5 nitrogen and oxygen atoms in total. The van der Waals surface area contributed by atoms with Gasteiger partial charge in [0.2, 0.25) is 0 Å². The third-order valence-corrected chi connectivity index (χ3v) is 6.94. The minimum Gasteiger partial charge on any atom is -0.493 e. The van der Waals surface area contributed by atoms with E-state index in [9.17, 15) is 4.79 Å². The van der Waals surface area contributed by atoms with E-state index in [0.29, 0.717) is 29.0 Å². The first-order valence-corrected chi connectivity index (χ1v) is 12.4. The lowest BCUT2D eigenvalue weighted by atomic mass is 10.1. The second kappa shape index (κ2) is 9.79. The number of aromatic nitrogens is 1. The van der Waals surface area contributed by atoms with E-state index in [1.54, 1.807) is 6.20 Å². The van der Waals surface area contributed by atoms with Gasteiger partial charge in [0, 0.05) is 17.5 Å². The van der Waals surface area contributed by atoms with Gasteiger partial charge in [0.15, 0.2) is 5.17 Å². The molecule has 1 saturated heterocycles. The van der Waals surface area contributed by atoms with Gasteiger partial charge in [0.1, 0.15) is 5.75 Å². The molecule has 2 aromatic carbocycles. The van der Waals surface area contributed by atoms with Crippen LogP contribution in [0.15, 0.2) is 76.8 Å². The van der Waals surface area contributed by atoms with Crippen molar-refractivity contribution in [3.63, 3.8) is 0 Å². The number of amidine groups is 1. The van der Waals surface area contributed by atoms with Crippen LogP contribution in [0.25, 0.3) is 10.9 Å². The molecular formula is C27H27N3O2S. The highest BCUT2D eigenvalue weighted by Gasteiger charge is 2.39. The number of benzene rings is 2. The fraction of sp³-hybridized carbons (Fsp3) is 0.296. The van der Waals surface area contributed by atoms with Crippen molar-refractivity contribution in [1.29, 1.82) is 0 Å². The fourth-order valence-electron chi connectivity index (χ4n) is 4.02. The first kappa shape index (κ1) is 21.7. The van der Waals surface area contributed by atoms with Crippen molar-refractivity contribution in [3.05, 3.63) is 82.9 Å². The lowest BCUT2D eigenvalue weighted by molar-refractivity contribution is -0.115. The minimum atomic E-state index is -0.0679. The van der Waals surface area contributed by atoms with Crippen LogP contribution in [0, 0.1) is 0 Å². The number of rotatable bonds is 8. The molecule has 1 N–H and O–H groups in total. The topological polar surface area (TPSA) is 63.6 Å². The molecule has 0 unspecified atom stereocenters. The number of fused-ring (bicyclic) bond motifs is 1. The molecule has 0 radical (unpaired) electrons. The highest BCUT2D eigenvalue weighted by molar-refractivity contribution is 8.18. The Morgan fingerprint density at radius 2 is 2.09 bits per heavy atom. The molecule has 1 aliphatic heterocycles. The SMILES string of the molecule is CCCCOc1ccnc2ccc(C/C=C3\SC(=N[C@@H]4C[C@H]4c4ccccc4)NC3=O)cc12. The van der Waals surface area contributed by atoms with Gasteiger partial charge in [-0.1, -0.05) is 55.8 Å². The second-order valence-corrected chi connectivity index (χ2v) is 9.48. The van der Waals surface area contributed by atoms with Crippen LogP contribution in [0.4, 0.5) is 0 Å². The van der Waals surface area contributed by atoms with Gasteiger partial charge in [-0.15, -0.1) is 0 Å². The molecule has 1 saturated carbocycles. The van der Waals surface area contributed by atoms with Gasteiger partial charge in [-0.3, -0.25) is 14.8 Å². The number of amides is 1. The molecule has 6 heteroatoms. The van der Waals surface area contributed by atoms with Gasteiger partial charge in [-0.05, 0) is 60.4 Å². The maximum absolute atomic E-state index is 12.5. The highest BCUT2D eigenvalue weighted by Crippen LogP contribution is 2.44. The predicted octanol–water partition coefficient (Wildman–Crippen LogP) is 5.62. The molecule has 33 heavy (non-hydrogen) atoms. The van der Waals surface area contributed by atoms with Crippen molar-refractivity contribution in [2.45, 2.75) is 44.6 Å². The van der Waals surface area contributed by atoms with E-state index < -0.39 is 0 Å². The van der Waals surface area contributed by atoms with E-state index in [-0.39, 0.29) is 11.9 Å². The third kappa shape index (κ3) is 5.11. The van der Waals surface area contributed by atoms with E-state index in [1.807, 2.05) is 24.3 Å². The molecule has 2 fully saturated rings. The number of aliphatic imine (C=N–C) groups is 1. The number of hydrogen-bond acceptors (Lipinski definition) is 5. The molecule has 1 amide bonds. The van der Waals surface area contributed by atoms with E-state index in [0.717, 1.165) is 41.5 Å². The molecule has 2 heterocycles. The Labute approximate surface area is 198 Å². The molecule has 0 spiro atoms. The number of nitrogens with zero attached hydrogens (tertiary/aromatic N) is 2. The van der Waals surface area contributed by atoms with Crippen LogP contribution in [-0.2, 0) is 11.2 Å². The summed E-state index contributed by atoms with van der Waals surface area (Å²) in [7, 11) is 0. The van der Waals surface area contributed by atoms with Crippen LogP contribution in [-0.4, -0.2) is 28.7 Å². The zero-order valence-corrected chi connectivity index (χ0v) is 19.5. The Hall–Kier alpha value is -3.12. The number of hydrogen-bond donors (Lipinski definition) is 1. The third-order valence-electron chi connectivity index (χ3n) is 5.96. The van der Waals surface area contributed by atoms with Crippen molar-refractivity contribution in [2.75, 3.05) is 6.61 Å². The van der Waals surface area contributed by atoms with Gasteiger partial charge in [0.25, 0.3) is 5.91 Å². The van der Waals surface area contributed by atoms with Crippen LogP contribution in [0.3, 0.4) is 0 Å². The molecular weight excluding hydrogens is 430 g/mol. The summed E-state index contributed by atoms with van der Waals surface area (Å²) < 4.78 is 5.97. The lowest BCUT2D eigenvalue weighted by Gasteiger charge is -2.09. The molecule has 168 valence electrons. The van der Waals surface area contributed by atoms with Gasteiger partial charge in [0.05, 0.1) is 23.1 Å². The number of thioether (sulfide) groups is 1. The largest absolute Gasteiger partial charge is 0.493 e. The maximum atomic E-state index is 12.5. The van der Waals surface area contributed by atoms with E-state index in [1.165, 1.54) is 17.3 Å². The summed E-state index contributed by atoms with van der Waals surface area (Å²) in [6.07, 6.45) is 7.60. The van der Waals surface area contributed by atoms with Crippen molar-refractivity contribution >= 4 is 33.7 Å². The molecule has 2 aliphatic rings. The van der Waals surface area contributed by atoms with Crippen LogP contribution >= 0.6 is 11.8 Å². The lowest BCUT2D eigenvalue weighted by Crippen LogP contribution is -2.20. The Morgan fingerprint density at radius 1 is 1.21 bits per heavy atom. The second-order valence-electron chi connectivity index (χ2n) is 8.45. The van der Waals surface area contributed by atoms with Gasteiger partial charge < -0.3 is 10.1 Å². The van der Waals surface area contributed by atoms with Crippen LogP contribution in [0.2, 0.25) is 0 Å². The number of ether oxygens (including phenoxy) is 1. The Balaban J connectivity index is 1.25. The van der Waals surface area contributed by atoms with Crippen LogP contribution in [0.5, 0.6) is 5.75 Å². The molecule has 3 aromatic rings. The Morgan fingerprint density at radius 3 is 2.94 bits per heavy atom. The van der Waals surface area contributed by atoms with Crippen molar-refractivity contribution in [1.82, 2.24) is 10.3 Å². The number of carbonyl (C=O) groups is 1. The average molecular weight is 458 g/mol. The number of nitrogens with one attached hydrogen (secondary N) is 1. The molecule has 5 rings (SSSR count). The highest BCUT2D eigenvalue weighted by atomic mass is 32.2. The standard InChI is InChI=1S/C27H27N3O2S/c1-2-3-15-32-24-13-14-28-22-11-9-18(16-21(22)24)10-12-25-26(31)30-27(33-25)29-23-17-20(23)19-7-5-4-6-8-19/h4-9,11-14,16,20,23H,2-3,10,15,17H2,1H3,(H,29,30,31)/b25-12-/t20-,23+/m0/s1. The van der Waals surface area contributed by atoms with Crippen LogP contribution in [0.1, 0.15) is 43.2 Å². The maximum Gasteiger partial charge on any atom is 0.263 e. The van der Waals surface area contributed by atoms with Crippen LogP contribution < -0.4 is 10.1 Å². The summed E-state index contributed by atoms with van der Waals surface area (Å²) in [5, 5.41) is 4.65. The zero-order chi connectivity index (χ0) is 22.6. The van der Waals surface area contributed by atoms with E-state index in [4.69, 9.17) is 9.73 Å². The summed E-state index contributed by atoms with van der Waals surface area (Å²) in [6, 6.07) is 18.8. The first-order chi connectivity index (χ1) is 16.2. The van der Waals surface area contributed by atoms with Gasteiger partial charge in [-0.2, -0.15) is 0 Å². The summed E-state index contributed by atoms with van der Waals surface area (Å²) in [6.45, 7) is 2.86. The van der Waals surface area contributed by atoms with Gasteiger partial charge in [-0.25, -0.2) is 0 Å². The number of allylic oxidation sites excluding steroid dienone is 1. The molecule has 1 aromatic heterocycles. The van der Waals surface area contributed by atoms with Crippen molar-refractivity contribution in [2.24, 2.45) is 4.99 Å². The first-order valence-electron chi connectivity index (χ1n) is 11.5. The van der Waals surface area contributed by atoms with Crippen molar-refractivity contribution in [3.8, 4) is 5.75 Å². The number of pyridine rings is 1. The average Bonchev–Trinajstić information content (AvgIpc) is 3.52. The molecule has 2 atom stereocenters. The minimum absolute atomic E-state index is 0.0679. The molecule has 1 aliphatic carbocycles.